The smallest absolute Gasteiger partial charge is 0.269 e. The van der Waals surface area contributed by atoms with Crippen LogP contribution >= 0.6 is 47.2 Å². The van der Waals surface area contributed by atoms with Crippen molar-refractivity contribution in [2.24, 2.45) is 0 Å². The van der Waals surface area contributed by atoms with Gasteiger partial charge in [0.25, 0.3) is 5.69 Å². The van der Waals surface area contributed by atoms with Crippen LogP contribution in [0, 0.1) is 10.1 Å². The number of nitrogens with one attached hydrogen (secondary N) is 1. The molecule has 4 nitrogen and oxygen atoms in total. The molecule has 0 heterocycles. The Morgan fingerprint density at radius 2 is 1.78 bits per heavy atom. The van der Waals surface area contributed by atoms with Gasteiger partial charge in [0.1, 0.15) is 4.32 Å². The Balaban J connectivity index is 1.80. The van der Waals surface area contributed by atoms with Crippen LogP contribution in [0.4, 0.5) is 5.69 Å². The third-order valence-electron chi connectivity index (χ3n) is 2.94. The van der Waals surface area contributed by atoms with E-state index in [0.29, 0.717) is 26.7 Å². The lowest BCUT2D eigenvalue weighted by Crippen LogP contribution is -2.17. The quantitative estimate of drug-likeness (QED) is 0.434. The normalized spacial score (nSPS) is 10.3. The zero-order chi connectivity index (χ0) is 16.8. The Labute approximate surface area is 153 Å². The van der Waals surface area contributed by atoms with Crippen LogP contribution in [0.3, 0.4) is 0 Å². The van der Waals surface area contributed by atoms with Crippen molar-refractivity contribution in [2.45, 2.75) is 12.3 Å². The molecule has 0 atom stereocenters. The third-order valence-corrected chi connectivity index (χ3v) is 5.06. The molecule has 0 fully saturated rings. The van der Waals surface area contributed by atoms with Gasteiger partial charge in [0.2, 0.25) is 0 Å². The van der Waals surface area contributed by atoms with Crippen LogP contribution in [0.25, 0.3) is 0 Å². The minimum absolute atomic E-state index is 0.0744. The number of rotatable bonds is 5. The Morgan fingerprint density at radius 3 is 2.39 bits per heavy atom. The number of nitro benzene ring substituents is 1. The molecule has 1 N–H and O–H groups in total. The van der Waals surface area contributed by atoms with Crippen LogP contribution in [-0.4, -0.2) is 9.24 Å². The molecule has 2 aromatic rings. The Hall–Kier alpha value is -1.34. The van der Waals surface area contributed by atoms with Crippen LogP contribution in [0.15, 0.2) is 42.5 Å². The van der Waals surface area contributed by atoms with Crippen LogP contribution in [0.2, 0.25) is 10.0 Å². The molecule has 0 unspecified atom stereocenters. The average molecular weight is 387 g/mol. The van der Waals surface area contributed by atoms with Gasteiger partial charge in [-0.05, 0) is 23.3 Å². The van der Waals surface area contributed by atoms with E-state index in [9.17, 15) is 10.1 Å². The first kappa shape index (κ1) is 18.0. The van der Waals surface area contributed by atoms with Gasteiger partial charge in [-0.15, -0.1) is 0 Å². The molecule has 0 aliphatic rings. The number of thiocarbonyl (C=S) groups is 1. The van der Waals surface area contributed by atoms with Gasteiger partial charge < -0.3 is 5.32 Å². The number of hydrogen-bond acceptors (Lipinski definition) is 4. The molecule has 0 aliphatic heterocycles. The lowest BCUT2D eigenvalue weighted by atomic mass is 10.2. The summed E-state index contributed by atoms with van der Waals surface area (Å²) in [4.78, 5) is 10.2. The van der Waals surface area contributed by atoms with Crippen molar-refractivity contribution in [3.05, 3.63) is 73.8 Å². The summed E-state index contributed by atoms with van der Waals surface area (Å²) >= 11 is 18.6. The summed E-state index contributed by atoms with van der Waals surface area (Å²) < 4.78 is 0.648. The van der Waals surface area contributed by atoms with E-state index in [-0.39, 0.29) is 5.69 Å². The zero-order valence-corrected chi connectivity index (χ0v) is 14.9. The van der Waals surface area contributed by atoms with Crippen LogP contribution in [0.1, 0.15) is 11.1 Å². The fourth-order valence-electron chi connectivity index (χ4n) is 1.74. The number of benzene rings is 2. The van der Waals surface area contributed by atoms with Gasteiger partial charge in [0, 0.05) is 24.4 Å². The molecule has 8 heteroatoms. The van der Waals surface area contributed by atoms with E-state index in [4.69, 9.17) is 35.4 Å². The number of non-ortho nitro benzene ring substituents is 1. The highest BCUT2D eigenvalue weighted by atomic mass is 35.5. The third kappa shape index (κ3) is 5.66. The van der Waals surface area contributed by atoms with E-state index >= 15 is 0 Å². The number of nitrogens with zero attached hydrogens (tertiary/aromatic N) is 1. The molecule has 0 saturated heterocycles. The van der Waals surface area contributed by atoms with E-state index in [1.807, 2.05) is 12.1 Å². The first-order valence-corrected chi connectivity index (χ1v) is 8.68. The Morgan fingerprint density at radius 1 is 1.13 bits per heavy atom. The minimum Gasteiger partial charge on any atom is -0.367 e. The maximum Gasteiger partial charge on any atom is 0.269 e. The van der Waals surface area contributed by atoms with Crippen molar-refractivity contribution < 1.29 is 4.92 Å². The highest BCUT2D eigenvalue weighted by molar-refractivity contribution is 8.22. The molecule has 0 saturated carbocycles. The van der Waals surface area contributed by atoms with Gasteiger partial charge in [0.15, 0.2) is 0 Å². The van der Waals surface area contributed by atoms with Gasteiger partial charge in [-0.3, -0.25) is 10.1 Å². The summed E-state index contributed by atoms with van der Waals surface area (Å²) in [6.07, 6.45) is 0. The number of halogens is 2. The predicted molar refractivity (Wildman–Crippen MR) is 100 cm³/mol. The molecule has 0 bridgehead atoms. The molecule has 0 radical (unpaired) electrons. The van der Waals surface area contributed by atoms with Crippen molar-refractivity contribution in [1.82, 2.24) is 5.32 Å². The largest absolute Gasteiger partial charge is 0.367 e. The summed E-state index contributed by atoms with van der Waals surface area (Å²) in [5.41, 5.74) is 2.03. The SMILES string of the molecule is O=[N+]([O-])c1ccc(CNC(=S)SCc2ccc(Cl)c(Cl)c2)cc1. The molecule has 2 rings (SSSR count). The number of hydrogen-bond donors (Lipinski definition) is 1. The van der Waals surface area contributed by atoms with Crippen molar-refractivity contribution in [1.29, 1.82) is 0 Å². The van der Waals surface area contributed by atoms with Crippen molar-refractivity contribution in [3.8, 4) is 0 Å². The topological polar surface area (TPSA) is 55.2 Å². The van der Waals surface area contributed by atoms with Crippen molar-refractivity contribution in [3.63, 3.8) is 0 Å². The zero-order valence-electron chi connectivity index (χ0n) is 11.8. The number of nitro groups is 1. The highest BCUT2D eigenvalue weighted by Crippen LogP contribution is 2.24. The first-order valence-electron chi connectivity index (χ1n) is 6.53. The van der Waals surface area contributed by atoms with E-state index < -0.39 is 4.92 Å². The second kappa shape index (κ2) is 8.49. The summed E-state index contributed by atoms with van der Waals surface area (Å²) in [5, 5.41) is 14.8. The second-order valence-electron chi connectivity index (χ2n) is 4.60. The molecule has 2 aromatic carbocycles. The molecule has 23 heavy (non-hydrogen) atoms. The lowest BCUT2D eigenvalue weighted by molar-refractivity contribution is -0.384. The molecular weight excluding hydrogens is 375 g/mol. The van der Waals surface area contributed by atoms with Gasteiger partial charge in [-0.2, -0.15) is 0 Å². The molecule has 0 amide bonds. The van der Waals surface area contributed by atoms with Gasteiger partial charge in [-0.1, -0.05) is 65.4 Å². The summed E-state index contributed by atoms with van der Waals surface area (Å²) in [7, 11) is 0. The minimum atomic E-state index is -0.422. The van der Waals surface area contributed by atoms with Gasteiger partial charge in [0.05, 0.1) is 15.0 Å². The van der Waals surface area contributed by atoms with E-state index in [1.54, 1.807) is 18.2 Å². The maximum atomic E-state index is 10.6. The van der Waals surface area contributed by atoms with Crippen molar-refractivity contribution >= 4 is 57.2 Å². The van der Waals surface area contributed by atoms with E-state index in [0.717, 1.165) is 11.1 Å². The lowest BCUT2D eigenvalue weighted by Gasteiger charge is -2.08. The molecule has 0 aromatic heterocycles. The predicted octanol–water partition coefficient (Wildman–Crippen LogP) is 5.21. The summed E-state index contributed by atoms with van der Waals surface area (Å²) in [6.45, 7) is 0.519. The fraction of sp³-hybridized carbons (Fsp3) is 0.133. The van der Waals surface area contributed by atoms with E-state index in [1.165, 1.54) is 23.9 Å². The van der Waals surface area contributed by atoms with Crippen LogP contribution in [-0.2, 0) is 12.3 Å². The average Bonchev–Trinajstić information content (AvgIpc) is 2.54. The maximum absolute atomic E-state index is 10.6. The second-order valence-corrected chi connectivity index (χ2v) is 7.07. The van der Waals surface area contributed by atoms with Crippen LogP contribution in [0.5, 0.6) is 0 Å². The van der Waals surface area contributed by atoms with E-state index in [2.05, 4.69) is 5.32 Å². The molecule has 0 spiro atoms. The molecule has 0 aliphatic carbocycles. The highest BCUT2D eigenvalue weighted by Gasteiger charge is 2.05. The van der Waals surface area contributed by atoms with Crippen LogP contribution < -0.4 is 5.32 Å². The van der Waals surface area contributed by atoms with Gasteiger partial charge in [-0.25, -0.2) is 0 Å². The summed E-state index contributed by atoms with van der Waals surface area (Å²) in [5.74, 6) is 0.684. The number of thioether (sulfide) groups is 1. The summed E-state index contributed by atoms with van der Waals surface area (Å²) in [6, 6.07) is 11.8. The monoisotopic (exact) mass is 386 g/mol. The molecule has 120 valence electrons. The Bertz CT molecular complexity index is 724. The molecular formula is C15H12Cl2N2O2S2. The Kier molecular flexibility index (Phi) is 6.65. The van der Waals surface area contributed by atoms with Gasteiger partial charge >= 0.3 is 0 Å². The standard InChI is InChI=1S/C15H12Cl2N2O2S2/c16-13-6-3-11(7-14(13)17)9-23-15(22)18-8-10-1-4-12(5-2-10)19(20)21/h1-7H,8-9H2,(H,18,22). The first-order chi connectivity index (χ1) is 11.0. The fourth-order valence-corrected chi connectivity index (χ4v) is 2.96. The van der Waals surface area contributed by atoms with Crippen molar-refractivity contribution in [2.75, 3.05) is 0 Å².